The number of carbonyl (C=O) groups is 1. The Morgan fingerprint density at radius 3 is 2.18 bits per heavy atom. The van der Waals surface area contributed by atoms with Gasteiger partial charge in [0.15, 0.2) is 0 Å². The summed E-state index contributed by atoms with van der Waals surface area (Å²) in [5.41, 5.74) is 1.94. The van der Waals surface area contributed by atoms with Crippen molar-refractivity contribution in [3.63, 3.8) is 0 Å². The lowest BCUT2D eigenvalue weighted by Crippen LogP contribution is -2.35. The van der Waals surface area contributed by atoms with Gasteiger partial charge in [0, 0.05) is 6.54 Å². The maximum atomic E-state index is 13.2. The van der Waals surface area contributed by atoms with E-state index >= 15 is 0 Å². The average molecular weight is 402 g/mol. The quantitative estimate of drug-likeness (QED) is 0.676. The SMILES string of the molecule is CCOc1ccc(CN2C(=O)C(C)(C)SC2c2c(OC)cccc2OC)cc1. The molecule has 3 rings (SSSR count). The van der Waals surface area contributed by atoms with Crippen molar-refractivity contribution >= 4 is 17.7 Å². The molecule has 1 aliphatic rings. The van der Waals surface area contributed by atoms with E-state index in [0.717, 1.165) is 28.4 Å². The Morgan fingerprint density at radius 1 is 1.04 bits per heavy atom. The van der Waals surface area contributed by atoms with Crippen LogP contribution in [0.3, 0.4) is 0 Å². The molecule has 1 aliphatic heterocycles. The number of nitrogens with zero attached hydrogens (tertiary/aromatic N) is 1. The molecule has 1 atom stereocenters. The van der Waals surface area contributed by atoms with Crippen LogP contribution in [0, 0.1) is 0 Å². The van der Waals surface area contributed by atoms with Gasteiger partial charge in [-0.15, -0.1) is 11.8 Å². The number of ether oxygens (including phenoxy) is 3. The van der Waals surface area contributed by atoms with E-state index < -0.39 is 4.75 Å². The normalized spacial score (nSPS) is 18.2. The van der Waals surface area contributed by atoms with Crippen LogP contribution in [0.4, 0.5) is 0 Å². The number of benzene rings is 2. The van der Waals surface area contributed by atoms with Crippen LogP contribution in [0.15, 0.2) is 42.5 Å². The minimum absolute atomic E-state index is 0.101. The highest BCUT2D eigenvalue weighted by molar-refractivity contribution is 8.02. The maximum absolute atomic E-state index is 13.2. The summed E-state index contributed by atoms with van der Waals surface area (Å²) >= 11 is 1.62. The first-order valence-corrected chi connectivity index (χ1v) is 10.2. The van der Waals surface area contributed by atoms with Crippen LogP contribution >= 0.6 is 11.8 Å². The van der Waals surface area contributed by atoms with E-state index in [-0.39, 0.29) is 11.3 Å². The number of thioether (sulfide) groups is 1. The fourth-order valence-corrected chi connectivity index (χ4v) is 4.82. The van der Waals surface area contributed by atoms with Gasteiger partial charge in [0.1, 0.15) is 22.6 Å². The molecule has 0 aromatic heterocycles. The number of carbonyl (C=O) groups excluding carboxylic acids is 1. The zero-order valence-corrected chi connectivity index (χ0v) is 17.8. The Hall–Kier alpha value is -2.34. The number of methoxy groups -OCH3 is 2. The van der Waals surface area contributed by atoms with E-state index in [9.17, 15) is 4.79 Å². The maximum Gasteiger partial charge on any atom is 0.239 e. The fraction of sp³-hybridized carbons (Fsp3) is 0.409. The van der Waals surface area contributed by atoms with E-state index in [0.29, 0.717) is 13.2 Å². The largest absolute Gasteiger partial charge is 0.496 e. The molecule has 1 amide bonds. The Bertz CT molecular complexity index is 813. The van der Waals surface area contributed by atoms with Crippen molar-refractivity contribution in [1.82, 2.24) is 4.90 Å². The lowest BCUT2D eigenvalue weighted by Gasteiger charge is -2.27. The molecular weight excluding hydrogens is 374 g/mol. The van der Waals surface area contributed by atoms with Crippen LogP contribution in [0.1, 0.15) is 37.3 Å². The molecule has 2 aromatic carbocycles. The summed E-state index contributed by atoms with van der Waals surface area (Å²) in [6, 6.07) is 13.6. The highest BCUT2D eigenvalue weighted by Gasteiger charge is 2.48. The molecule has 1 unspecified atom stereocenters. The molecule has 28 heavy (non-hydrogen) atoms. The molecule has 0 bridgehead atoms. The van der Waals surface area contributed by atoms with Crippen LogP contribution in [-0.2, 0) is 11.3 Å². The van der Waals surface area contributed by atoms with Crippen LogP contribution < -0.4 is 14.2 Å². The summed E-state index contributed by atoms with van der Waals surface area (Å²) in [5.74, 6) is 2.37. The van der Waals surface area contributed by atoms with Gasteiger partial charge in [-0.3, -0.25) is 4.79 Å². The van der Waals surface area contributed by atoms with Gasteiger partial charge in [-0.2, -0.15) is 0 Å². The predicted octanol–water partition coefficient (Wildman–Crippen LogP) is 4.66. The van der Waals surface area contributed by atoms with Gasteiger partial charge < -0.3 is 19.1 Å². The van der Waals surface area contributed by atoms with E-state index in [1.165, 1.54) is 0 Å². The van der Waals surface area contributed by atoms with Crippen molar-refractivity contribution in [1.29, 1.82) is 0 Å². The van der Waals surface area contributed by atoms with Gasteiger partial charge in [-0.05, 0) is 50.6 Å². The minimum Gasteiger partial charge on any atom is -0.496 e. The number of rotatable bonds is 7. The molecular formula is C22H27NO4S. The molecule has 1 saturated heterocycles. The Labute approximate surface area is 171 Å². The van der Waals surface area contributed by atoms with Crippen LogP contribution in [0.5, 0.6) is 17.2 Å². The molecule has 0 aliphatic carbocycles. The first-order valence-electron chi connectivity index (χ1n) is 9.32. The van der Waals surface area contributed by atoms with Crippen molar-refractivity contribution < 1.29 is 19.0 Å². The van der Waals surface area contributed by atoms with Gasteiger partial charge in [0.2, 0.25) is 5.91 Å². The summed E-state index contributed by atoms with van der Waals surface area (Å²) in [6.07, 6.45) is 0. The number of hydrogen-bond acceptors (Lipinski definition) is 5. The highest BCUT2D eigenvalue weighted by Crippen LogP contribution is 2.54. The number of amides is 1. The number of hydrogen-bond donors (Lipinski definition) is 0. The van der Waals surface area contributed by atoms with E-state index in [1.54, 1.807) is 26.0 Å². The molecule has 2 aromatic rings. The minimum atomic E-state index is -0.526. The molecule has 1 fully saturated rings. The third-order valence-electron chi connectivity index (χ3n) is 4.77. The summed E-state index contributed by atoms with van der Waals surface area (Å²) < 4.78 is 16.2. The standard InChI is InChI=1S/C22H27NO4S/c1-6-27-16-12-10-15(11-13-16)14-23-20(28-22(2,3)21(23)24)19-17(25-4)8-7-9-18(19)26-5/h7-13,20H,6,14H2,1-5H3. The molecule has 6 heteroatoms. The fourth-order valence-electron chi connectivity index (χ4n) is 3.39. The lowest BCUT2D eigenvalue weighted by atomic mass is 10.1. The first kappa shape index (κ1) is 20.4. The predicted molar refractivity (Wildman–Crippen MR) is 112 cm³/mol. The Balaban J connectivity index is 1.97. The summed E-state index contributed by atoms with van der Waals surface area (Å²) in [4.78, 5) is 15.1. The second kappa shape index (κ2) is 8.35. The summed E-state index contributed by atoms with van der Waals surface area (Å²) in [5, 5.41) is -0.194. The monoisotopic (exact) mass is 401 g/mol. The molecule has 1 heterocycles. The molecule has 0 radical (unpaired) electrons. The van der Waals surface area contributed by atoms with Crippen LogP contribution in [0.2, 0.25) is 0 Å². The topological polar surface area (TPSA) is 48.0 Å². The molecule has 0 spiro atoms. The third-order valence-corrected chi connectivity index (χ3v) is 6.24. The van der Waals surface area contributed by atoms with Crippen LogP contribution in [0.25, 0.3) is 0 Å². The lowest BCUT2D eigenvalue weighted by molar-refractivity contribution is -0.132. The van der Waals surface area contributed by atoms with Gasteiger partial charge in [0.25, 0.3) is 0 Å². The Morgan fingerprint density at radius 2 is 1.64 bits per heavy atom. The van der Waals surface area contributed by atoms with Crippen molar-refractivity contribution in [3.8, 4) is 17.2 Å². The van der Waals surface area contributed by atoms with Crippen LogP contribution in [-0.4, -0.2) is 36.4 Å². The van der Waals surface area contributed by atoms with Crippen molar-refractivity contribution in [3.05, 3.63) is 53.6 Å². The smallest absolute Gasteiger partial charge is 0.239 e. The highest BCUT2D eigenvalue weighted by atomic mass is 32.2. The molecule has 0 N–H and O–H groups in total. The van der Waals surface area contributed by atoms with E-state index in [2.05, 4.69) is 0 Å². The van der Waals surface area contributed by atoms with Crippen molar-refractivity contribution in [2.75, 3.05) is 20.8 Å². The second-order valence-corrected chi connectivity index (χ2v) is 8.77. The summed E-state index contributed by atoms with van der Waals surface area (Å²) in [6.45, 7) is 7.03. The average Bonchev–Trinajstić information content (AvgIpc) is 2.92. The van der Waals surface area contributed by atoms with Gasteiger partial charge >= 0.3 is 0 Å². The zero-order chi connectivity index (χ0) is 20.3. The van der Waals surface area contributed by atoms with Crippen molar-refractivity contribution in [2.24, 2.45) is 0 Å². The van der Waals surface area contributed by atoms with Gasteiger partial charge in [-0.1, -0.05) is 18.2 Å². The van der Waals surface area contributed by atoms with Crippen molar-refractivity contribution in [2.45, 2.75) is 37.4 Å². The van der Waals surface area contributed by atoms with Gasteiger partial charge in [-0.25, -0.2) is 0 Å². The van der Waals surface area contributed by atoms with E-state index in [4.69, 9.17) is 14.2 Å². The zero-order valence-electron chi connectivity index (χ0n) is 17.0. The van der Waals surface area contributed by atoms with Gasteiger partial charge in [0.05, 0.1) is 31.1 Å². The van der Waals surface area contributed by atoms with E-state index in [1.807, 2.05) is 68.1 Å². The second-order valence-electron chi connectivity index (χ2n) is 7.07. The Kier molecular flexibility index (Phi) is 6.08. The molecule has 0 saturated carbocycles. The molecule has 150 valence electrons. The summed E-state index contributed by atoms with van der Waals surface area (Å²) in [7, 11) is 3.28. The third kappa shape index (κ3) is 3.92. The first-order chi connectivity index (χ1) is 13.4. The molecule has 5 nitrogen and oxygen atoms in total.